The molecule has 0 saturated heterocycles. The second-order valence-corrected chi connectivity index (χ2v) is 3.50. The minimum atomic E-state index is 0.0392. The molecule has 0 bridgehead atoms. The van der Waals surface area contributed by atoms with Gasteiger partial charge in [0.1, 0.15) is 0 Å². The van der Waals surface area contributed by atoms with E-state index in [9.17, 15) is 4.79 Å². The topological polar surface area (TPSA) is 26.3 Å². The zero-order valence-corrected chi connectivity index (χ0v) is 7.84. The molecule has 0 aromatic heterocycles. The van der Waals surface area contributed by atoms with Crippen molar-refractivity contribution >= 4 is 5.97 Å². The predicted octanol–water partition coefficient (Wildman–Crippen LogP) is 2.52. The fraction of sp³-hybridized carbons (Fsp3) is 0.900. The van der Waals surface area contributed by atoms with E-state index in [2.05, 4.69) is 6.92 Å². The average Bonchev–Trinajstić information content (AvgIpc) is 1.95. The van der Waals surface area contributed by atoms with Gasteiger partial charge in [-0.25, -0.2) is 0 Å². The maximum atomic E-state index is 11.2. The van der Waals surface area contributed by atoms with Crippen molar-refractivity contribution in [3.63, 3.8) is 0 Å². The number of hydrogen-bond acceptors (Lipinski definition) is 2. The molecule has 0 aromatic rings. The van der Waals surface area contributed by atoms with Crippen LogP contribution in [0.25, 0.3) is 0 Å². The van der Waals surface area contributed by atoms with Gasteiger partial charge in [-0.3, -0.25) is 4.79 Å². The van der Waals surface area contributed by atoms with Gasteiger partial charge in [-0.05, 0) is 19.3 Å². The van der Waals surface area contributed by atoms with Gasteiger partial charge in [0.15, 0.2) is 0 Å². The molecule has 0 amide bonds. The fourth-order valence-electron chi connectivity index (χ4n) is 1.29. The van der Waals surface area contributed by atoms with Crippen molar-refractivity contribution < 1.29 is 9.53 Å². The first-order valence-electron chi connectivity index (χ1n) is 5.01. The first kappa shape index (κ1) is 9.56. The lowest BCUT2D eigenvalue weighted by molar-refractivity contribution is -0.151. The lowest BCUT2D eigenvalue weighted by atomic mass is 9.86. The van der Waals surface area contributed by atoms with Crippen molar-refractivity contribution in [1.82, 2.24) is 0 Å². The molecule has 0 aromatic carbocycles. The van der Waals surface area contributed by atoms with Crippen molar-refractivity contribution in [2.75, 3.05) is 6.61 Å². The summed E-state index contributed by atoms with van der Waals surface area (Å²) in [7, 11) is 0. The highest BCUT2D eigenvalue weighted by Crippen LogP contribution is 2.27. The summed E-state index contributed by atoms with van der Waals surface area (Å²) in [6, 6.07) is 0. The average molecular weight is 170 g/mol. The summed E-state index contributed by atoms with van der Waals surface area (Å²) in [5.74, 6) is 0.281. The van der Waals surface area contributed by atoms with Crippen molar-refractivity contribution in [1.29, 1.82) is 0 Å². The minimum absolute atomic E-state index is 0.0392. The normalized spacial score (nSPS) is 17.1. The van der Waals surface area contributed by atoms with Crippen molar-refractivity contribution in [2.45, 2.75) is 45.4 Å². The van der Waals surface area contributed by atoms with E-state index in [1.54, 1.807) is 0 Å². The number of esters is 1. The molecular weight excluding hydrogens is 152 g/mol. The van der Waals surface area contributed by atoms with Crippen molar-refractivity contribution in [3.8, 4) is 0 Å². The van der Waals surface area contributed by atoms with Gasteiger partial charge in [0, 0.05) is 0 Å². The third-order valence-electron chi connectivity index (χ3n) is 2.43. The highest BCUT2D eigenvalue weighted by molar-refractivity contribution is 5.73. The van der Waals surface area contributed by atoms with E-state index < -0.39 is 0 Å². The van der Waals surface area contributed by atoms with Crippen LogP contribution in [-0.4, -0.2) is 12.6 Å². The number of hydrogen-bond donors (Lipinski definition) is 0. The maximum Gasteiger partial charge on any atom is 0.308 e. The monoisotopic (exact) mass is 170 g/mol. The van der Waals surface area contributed by atoms with Gasteiger partial charge in [-0.1, -0.05) is 26.2 Å². The second kappa shape index (κ2) is 5.18. The summed E-state index contributed by atoms with van der Waals surface area (Å²) in [4.78, 5) is 11.2. The Bertz CT molecular complexity index is 139. The molecule has 0 heterocycles. The number of ether oxygens (including phenoxy) is 1. The third kappa shape index (κ3) is 2.84. The molecule has 0 atom stereocenters. The van der Waals surface area contributed by atoms with Gasteiger partial charge in [0.2, 0.25) is 0 Å². The van der Waals surface area contributed by atoms with Crippen molar-refractivity contribution in [3.05, 3.63) is 0 Å². The molecule has 1 aliphatic rings. The molecule has 2 nitrogen and oxygen atoms in total. The number of rotatable bonds is 5. The number of carbonyl (C=O) groups is 1. The molecule has 70 valence electrons. The molecular formula is C10H18O2. The smallest absolute Gasteiger partial charge is 0.308 e. The molecule has 12 heavy (non-hydrogen) atoms. The largest absolute Gasteiger partial charge is 0.465 e. The lowest BCUT2D eigenvalue weighted by Gasteiger charge is -2.22. The van der Waals surface area contributed by atoms with Crippen LogP contribution < -0.4 is 0 Å². The van der Waals surface area contributed by atoms with Gasteiger partial charge in [-0.2, -0.15) is 0 Å². The Labute approximate surface area is 74.3 Å². The molecule has 1 saturated carbocycles. The number of carbonyl (C=O) groups excluding carboxylic acids is 1. The summed E-state index contributed by atoms with van der Waals surface area (Å²) < 4.78 is 5.11. The first-order chi connectivity index (χ1) is 5.84. The Kier molecular flexibility index (Phi) is 4.12. The molecule has 0 radical (unpaired) electrons. The Morgan fingerprint density at radius 2 is 2.17 bits per heavy atom. The molecule has 0 N–H and O–H groups in total. The fourth-order valence-corrected chi connectivity index (χ4v) is 1.29. The van der Waals surface area contributed by atoms with Gasteiger partial charge in [0.25, 0.3) is 0 Å². The summed E-state index contributed by atoms with van der Waals surface area (Å²) in [5, 5.41) is 0. The number of unbranched alkanes of at least 4 members (excludes halogenated alkanes) is 2. The Hall–Kier alpha value is -0.530. The first-order valence-corrected chi connectivity index (χ1v) is 5.01. The van der Waals surface area contributed by atoms with E-state index in [0.29, 0.717) is 6.61 Å². The Morgan fingerprint density at radius 3 is 2.67 bits per heavy atom. The molecule has 1 rings (SSSR count). The molecule has 0 aliphatic heterocycles. The van der Waals surface area contributed by atoms with E-state index in [1.807, 2.05) is 0 Å². The molecule has 0 spiro atoms. The van der Waals surface area contributed by atoms with Crippen LogP contribution in [0.15, 0.2) is 0 Å². The SMILES string of the molecule is CCCCCOC(=O)C1CCC1. The zero-order valence-electron chi connectivity index (χ0n) is 7.84. The van der Waals surface area contributed by atoms with Gasteiger partial charge in [0.05, 0.1) is 12.5 Å². The van der Waals surface area contributed by atoms with Crippen LogP contribution in [0.2, 0.25) is 0 Å². The molecule has 1 aliphatic carbocycles. The van der Waals surface area contributed by atoms with E-state index in [0.717, 1.165) is 25.7 Å². The minimum Gasteiger partial charge on any atom is -0.465 e. The summed E-state index contributed by atoms with van der Waals surface area (Å²) in [5.41, 5.74) is 0. The van der Waals surface area contributed by atoms with Crippen molar-refractivity contribution in [2.24, 2.45) is 5.92 Å². The maximum absolute atomic E-state index is 11.2. The van der Waals surface area contributed by atoms with E-state index in [-0.39, 0.29) is 11.9 Å². The van der Waals surface area contributed by atoms with Crippen LogP contribution in [0.1, 0.15) is 45.4 Å². The van der Waals surface area contributed by atoms with Gasteiger partial charge >= 0.3 is 5.97 Å². The highest BCUT2D eigenvalue weighted by Gasteiger charge is 2.26. The zero-order chi connectivity index (χ0) is 8.81. The summed E-state index contributed by atoms with van der Waals surface area (Å²) >= 11 is 0. The van der Waals surface area contributed by atoms with Crippen LogP contribution in [0, 0.1) is 5.92 Å². The second-order valence-electron chi connectivity index (χ2n) is 3.50. The molecule has 0 unspecified atom stereocenters. The van der Waals surface area contributed by atoms with E-state index in [1.165, 1.54) is 12.8 Å². The van der Waals surface area contributed by atoms with Crippen LogP contribution >= 0.6 is 0 Å². The van der Waals surface area contributed by atoms with E-state index >= 15 is 0 Å². The predicted molar refractivity (Wildman–Crippen MR) is 47.8 cm³/mol. The van der Waals surface area contributed by atoms with Crippen LogP contribution in [0.5, 0.6) is 0 Å². The molecule has 1 fully saturated rings. The van der Waals surface area contributed by atoms with Crippen LogP contribution in [0.3, 0.4) is 0 Å². The Morgan fingerprint density at radius 1 is 1.42 bits per heavy atom. The molecule has 2 heteroatoms. The highest BCUT2D eigenvalue weighted by atomic mass is 16.5. The van der Waals surface area contributed by atoms with Gasteiger partial charge in [-0.15, -0.1) is 0 Å². The quantitative estimate of drug-likeness (QED) is 0.468. The van der Waals surface area contributed by atoms with Crippen LogP contribution in [-0.2, 0) is 9.53 Å². The Balaban J connectivity index is 1.94. The third-order valence-corrected chi connectivity index (χ3v) is 2.43. The summed E-state index contributed by atoms with van der Waals surface area (Å²) in [6.45, 7) is 2.77. The van der Waals surface area contributed by atoms with Crippen LogP contribution in [0.4, 0.5) is 0 Å². The van der Waals surface area contributed by atoms with Gasteiger partial charge < -0.3 is 4.74 Å². The standard InChI is InChI=1S/C10H18O2/c1-2-3-4-8-12-10(11)9-6-5-7-9/h9H,2-8H2,1H3. The summed E-state index contributed by atoms with van der Waals surface area (Å²) in [6.07, 6.45) is 6.67. The lowest BCUT2D eigenvalue weighted by Crippen LogP contribution is -2.24. The van der Waals surface area contributed by atoms with E-state index in [4.69, 9.17) is 4.74 Å².